The third-order valence-corrected chi connectivity index (χ3v) is 3.09. The Hall–Kier alpha value is -0.480. The van der Waals surface area contributed by atoms with Crippen molar-refractivity contribution in [2.24, 2.45) is 0 Å². The predicted molar refractivity (Wildman–Crippen MR) is 61.5 cm³/mol. The first kappa shape index (κ1) is 11.6. The molecule has 0 aliphatic rings. The molecule has 0 radical (unpaired) electrons. The highest BCUT2D eigenvalue weighted by atomic mass is 79.9. The molecule has 2 nitrogen and oxygen atoms in total. The van der Waals surface area contributed by atoms with Crippen LogP contribution in [0.15, 0.2) is 33.6 Å². The third-order valence-electron chi connectivity index (χ3n) is 1.60. The Bertz CT molecular complexity index is 315. The van der Waals surface area contributed by atoms with Gasteiger partial charge >= 0.3 is 5.97 Å². The van der Waals surface area contributed by atoms with Gasteiger partial charge in [-0.2, -0.15) is 0 Å². The summed E-state index contributed by atoms with van der Waals surface area (Å²) in [5, 5.41) is 0. The van der Waals surface area contributed by atoms with Crippen LogP contribution >= 0.6 is 27.7 Å². The average molecular weight is 275 g/mol. The van der Waals surface area contributed by atoms with Gasteiger partial charge in [-0.1, -0.05) is 22.0 Å². The standard InChI is InChI=1S/C10H11BrO2S/c1-13-10(12)5-6-14-9-4-2-3-8(11)7-9/h2-4,7H,5-6H2,1H3. The summed E-state index contributed by atoms with van der Waals surface area (Å²) < 4.78 is 5.61. The Kier molecular flexibility index (Phi) is 5.04. The quantitative estimate of drug-likeness (QED) is 0.624. The van der Waals surface area contributed by atoms with Crippen LogP contribution in [0.3, 0.4) is 0 Å². The smallest absolute Gasteiger partial charge is 0.306 e. The normalized spacial score (nSPS) is 9.86. The van der Waals surface area contributed by atoms with Gasteiger partial charge in [0, 0.05) is 15.1 Å². The average Bonchev–Trinajstić information content (AvgIpc) is 2.17. The lowest BCUT2D eigenvalue weighted by Crippen LogP contribution is -2.00. The van der Waals surface area contributed by atoms with Gasteiger partial charge in [0.25, 0.3) is 0 Å². The first-order valence-electron chi connectivity index (χ1n) is 4.17. The van der Waals surface area contributed by atoms with E-state index in [4.69, 9.17) is 0 Å². The van der Waals surface area contributed by atoms with Crippen LogP contribution in [0, 0.1) is 0 Å². The minimum absolute atomic E-state index is 0.160. The van der Waals surface area contributed by atoms with Crippen LogP contribution in [0.2, 0.25) is 0 Å². The van der Waals surface area contributed by atoms with E-state index in [0.29, 0.717) is 6.42 Å². The maximum absolute atomic E-state index is 10.8. The fourth-order valence-electron chi connectivity index (χ4n) is 0.911. The summed E-state index contributed by atoms with van der Waals surface area (Å²) in [7, 11) is 1.41. The first-order valence-corrected chi connectivity index (χ1v) is 5.95. The monoisotopic (exact) mass is 274 g/mol. The molecule has 0 unspecified atom stereocenters. The largest absolute Gasteiger partial charge is 0.469 e. The molecule has 1 aromatic carbocycles. The van der Waals surface area contributed by atoms with E-state index in [-0.39, 0.29) is 5.97 Å². The molecule has 4 heteroatoms. The number of halogens is 1. The number of carbonyl (C=O) groups is 1. The molecule has 0 bridgehead atoms. The highest BCUT2D eigenvalue weighted by Gasteiger charge is 2.00. The van der Waals surface area contributed by atoms with E-state index in [9.17, 15) is 4.79 Å². The van der Waals surface area contributed by atoms with Crippen molar-refractivity contribution >= 4 is 33.7 Å². The molecule has 0 saturated heterocycles. The SMILES string of the molecule is COC(=O)CCSc1cccc(Br)c1. The Morgan fingerprint density at radius 1 is 1.57 bits per heavy atom. The van der Waals surface area contributed by atoms with Crippen LogP contribution in [-0.2, 0) is 9.53 Å². The van der Waals surface area contributed by atoms with Crippen molar-refractivity contribution in [1.29, 1.82) is 0 Å². The van der Waals surface area contributed by atoms with E-state index >= 15 is 0 Å². The van der Waals surface area contributed by atoms with Gasteiger partial charge < -0.3 is 4.74 Å². The summed E-state index contributed by atoms with van der Waals surface area (Å²) in [5.74, 6) is 0.593. The fourth-order valence-corrected chi connectivity index (χ4v) is 2.35. The predicted octanol–water partition coefficient (Wildman–Crippen LogP) is 3.10. The molecule has 0 N–H and O–H groups in total. The minimum Gasteiger partial charge on any atom is -0.469 e. The van der Waals surface area contributed by atoms with E-state index in [1.165, 1.54) is 7.11 Å². The van der Waals surface area contributed by atoms with Gasteiger partial charge in [-0.05, 0) is 18.2 Å². The summed E-state index contributed by atoms with van der Waals surface area (Å²) in [4.78, 5) is 12.0. The second kappa shape index (κ2) is 6.09. The molecule has 1 rings (SSSR count). The number of hydrogen-bond donors (Lipinski definition) is 0. The Balaban J connectivity index is 2.35. The second-order valence-corrected chi connectivity index (χ2v) is 4.72. The summed E-state index contributed by atoms with van der Waals surface area (Å²) in [5.41, 5.74) is 0. The van der Waals surface area contributed by atoms with E-state index in [0.717, 1.165) is 15.1 Å². The molecule has 0 atom stereocenters. The number of rotatable bonds is 4. The number of ether oxygens (including phenoxy) is 1. The summed E-state index contributed by atoms with van der Waals surface area (Å²) >= 11 is 5.04. The van der Waals surface area contributed by atoms with Crippen molar-refractivity contribution in [3.05, 3.63) is 28.7 Å². The topological polar surface area (TPSA) is 26.3 Å². The molecule has 0 amide bonds. The van der Waals surface area contributed by atoms with Crippen LogP contribution < -0.4 is 0 Å². The maximum atomic E-state index is 10.8. The van der Waals surface area contributed by atoms with Crippen LogP contribution in [0.5, 0.6) is 0 Å². The third kappa shape index (κ3) is 4.15. The van der Waals surface area contributed by atoms with Gasteiger partial charge in [-0.15, -0.1) is 11.8 Å². The molecule has 0 aromatic heterocycles. The zero-order valence-corrected chi connectivity index (χ0v) is 10.2. The highest BCUT2D eigenvalue weighted by Crippen LogP contribution is 2.22. The van der Waals surface area contributed by atoms with Gasteiger partial charge in [0.05, 0.1) is 13.5 Å². The van der Waals surface area contributed by atoms with Crippen LogP contribution in [0.4, 0.5) is 0 Å². The van der Waals surface area contributed by atoms with Gasteiger partial charge in [-0.3, -0.25) is 4.79 Å². The van der Waals surface area contributed by atoms with Crippen molar-refractivity contribution in [3.63, 3.8) is 0 Å². The van der Waals surface area contributed by atoms with Crippen molar-refractivity contribution in [2.75, 3.05) is 12.9 Å². The maximum Gasteiger partial charge on any atom is 0.306 e. The highest BCUT2D eigenvalue weighted by molar-refractivity contribution is 9.10. The van der Waals surface area contributed by atoms with Crippen LogP contribution in [0.1, 0.15) is 6.42 Å². The molecular weight excluding hydrogens is 264 g/mol. The first-order chi connectivity index (χ1) is 6.72. The lowest BCUT2D eigenvalue weighted by molar-refractivity contribution is -0.140. The van der Waals surface area contributed by atoms with Crippen molar-refractivity contribution < 1.29 is 9.53 Å². The molecule has 0 aliphatic carbocycles. The summed E-state index contributed by atoms with van der Waals surface area (Å²) in [6.07, 6.45) is 0.452. The van der Waals surface area contributed by atoms with Gasteiger partial charge in [0.1, 0.15) is 0 Å². The van der Waals surface area contributed by atoms with E-state index in [1.807, 2.05) is 24.3 Å². The Labute approximate surface area is 96.2 Å². The summed E-state index contributed by atoms with van der Waals surface area (Å²) in [6.45, 7) is 0. The fraction of sp³-hybridized carbons (Fsp3) is 0.300. The number of benzene rings is 1. The van der Waals surface area contributed by atoms with E-state index < -0.39 is 0 Å². The molecule has 1 aromatic rings. The zero-order valence-electron chi connectivity index (χ0n) is 7.83. The number of esters is 1. The molecule has 0 saturated carbocycles. The summed E-state index contributed by atoms with van der Waals surface area (Å²) in [6, 6.07) is 8.00. The molecular formula is C10H11BrO2S. The zero-order chi connectivity index (χ0) is 10.4. The minimum atomic E-state index is -0.160. The molecule has 0 heterocycles. The molecule has 0 aliphatic heterocycles. The van der Waals surface area contributed by atoms with Gasteiger partial charge in [-0.25, -0.2) is 0 Å². The number of thioether (sulfide) groups is 1. The Morgan fingerprint density at radius 2 is 2.36 bits per heavy atom. The Morgan fingerprint density at radius 3 is 3.00 bits per heavy atom. The van der Waals surface area contributed by atoms with Crippen molar-refractivity contribution in [1.82, 2.24) is 0 Å². The molecule has 0 fully saturated rings. The van der Waals surface area contributed by atoms with Crippen LogP contribution in [0.25, 0.3) is 0 Å². The van der Waals surface area contributed by atoms with Gasteiger partial charge in [0.2, 0.25) is 0 Å². The number of carbonyl (C=O) groups excluding carboxylic acids is 1. The number of hydrogen-bond acceptors (Lipinski definition) is 3. The van der Waals surface area contributed by atoms with Gasteiger partial charge in [0.15, 0.2) is 0 Å². The molecule has 14 heavy (non-hydrogen) atoms. The van der Waals surface area contributed by atoms with Crippen molar-refractivity contribution in [3.8, 4) is 0 Å². The lowest BCUT2D eigenvalue weighted by atomic mass is 10.4. The molecule has 76 valence electrons. The van der Waals surface area contributed by atoms with E-state index in [1.54, 1.807) is 11.8 Å². The van der Waals surface area contributed by atoms with E-state index in [2.05, 4.69) is 20.7 Å². The van der Waals surface area contributed by atoms with Crippen LogP contribution in [-0.4, -0.2) is 18.8 Å². The lowest BCUT2D eigenvalue weighted by Gasteiger charge is -2.01. The second-order valence-electron chi connectivity index (χ2n) is 2.63. The molecule has 0 spiro atoms. The number of methoxy groups -OCH3 is 1. The van der Waals surface area contributed by atoms with Crippen molar-refractivity contribution in [2.45, 2.75) is 11.3 Å².